The molecule has 7 heteroatoms. The molecule has 2 heterocycles. The van der Waals surface area contributed by atoms with E-state index >= 15 is 0 Å². The van der Waals surface area contributed by atoms with E-state index in [2.05, 4.69) is 37.2 Å². The first kappa shape index (κ1) is 17.1. The van der Waals surface area contributed by atoms with Crippen LogP contribution in [0.15, 0.2) is 39.5 Å². The summed E-state index contributed by atoms with van der Waals surface area (Å²) in [5, 5.41) is 0. The largest absolute Gasteiger partial charge is 0.496 e. The molecule has 1 aromatic heterocycles. The average molecular weight is 526 g/mol. The number of ether oxygens (including phenoxy) is 3. The molecular weight excluding hydrogens is 514 g/mol. The second-order valence-electron chi connectivity index (χ2n) is 4.16. The summed E-state index contributed by atoms with van der Waals surface area (Å²) in [5.41, 5.74) is 0.467. The van der Waals surface area contributed by atoms with Gasteiger partial charge in [-0.2, -0.15) is 0 Å². The van der Waals surface area contributed by atoms with Crippen LogP contribution in [-0.4, -0.2) is 13.9 Å². The number of rotatable bonds is 3. The third kappa shape index (κ3) is 4.38. The molecule has 22 heavy (non-hydrogen) atoms. The van der Waals surface area contributed by atoms with Crippen LogP contribution in [0.4, 0.5) is 0 Å². The monoisotopic (exact) mass is 526 g/mol. The van der Waals surface area contributed by atoms with Gasteiger partial charge in [-0.15, -0.1) is 0 Å². The van der Waals surface area contributed by atoms with Gasteiger partial charge < -0.3 is 18.6 Å². The lowest BCUT2D eigenvalue weighted by Gasteiger charge is -1.99. The van der Waals surface area contributed by atoms with Gasteiger partial charge in [0.05, 0.1) is 13.2 Å². The lowest BCUT2D eigenvalue weighted by Crippen LogP contribution is -1.98. The lowest BCUT2D eigenvalue weighted by molar-refractivity contribution is 0.174. The quantitative estimate of drug-likeness (QED) is 0.559. The molecule has 1 aliphatic heterocycles. The minimum absolute atomic E-state index is 0.243. The van der Waals surface area contributed by atoms with Crippen molar-refractivity contribution < 1.29 is 18.6 Å². The van der Waals surface area contributed by atoms with Crippen LogP contribution in [0.3, 0.4) is 0 Å². The molecule has 1 aromatic carbocycles. The summed E-state index contributed by atoms with van der Waals surface area (Å²) in [6.07, 6.45) is 3.52. The predicted octanol–water partition coefficient (Wildman–Crippen LogP) is 4.32. The van der Waals surface area contributed by atoms with Crippen molar-refractivity contribution in [3.05, 3.63) is 52.1 Å². The summed E-state index contributed by atoms with van der Waals surface area (Å²) in [7, 11) is 1.50. The lowest BCUT2D eigenvalue weighted by atomic mass is 10.2. The SMILES string of the molecule is COc1cc(/C=C/c2ccc3c(c2)OCO3)oc(=O)c1.II. The molecule has 1 aliphatic rings. The van der Waals surface area contributed by atoms with Crippen LogP contribution in [0.5, 0.6) is 17.2 Å². The molecule has 0 bridgehead atoms. The Hall–Kier alpha value is -1.23. The van der Waals surface area contributed by atoms with Crippen molar-refractivity contribution in [1.29, 1.82) is 0 Å². The van der Waals surface area contributed by atoms with Crippen molar-refractivity contribution in [2.24, 2.45) is 0 Å². The summed E-state index contributed by atoms with van der Waals surface area (Å²) >= 11 is 4.24. The maximum Gasteiger partial charge on any atom is 0.339 e. The molecule has 0 N–H and O–H groups in total. The van der Waals surface area contributed by atoms with Crippen LogP contribution < -0.4 is 19.8 Å². The van der Waals surface area contributed by atoms with Gasteiger partial charge in [-0.1, -0.05) is 12.1 Å². The topological polar surface area (TPSA) is 57.9 Å². The molecule has 3 rings (SSSR count). The molecule has 0 fully saturated rings. The molecule has 5 nitrogen and oxygen atoms in total. The van der Waals surface area contributed by atoms with Gasteiger partial charge in [0.2, 0.25) is 6.79 Å². The fraction of sp³-hybridized carbons (Fsp3) is 0.133. The van der Waals surface area contributed by atoms with E-state index in [1.165, 1.54) is 13.2 Å². The van der Waals surface area contributed by atoms with Crippen molar-refractivity contribution in [2.75, 3.05) is 13.9 Å². The van der Waals surface area contributed by atoms with E-state index in [0.29, 0.717) is 17.3 Å². The Morgan fingerprint density at radius 2 is 1.86 bits per heavy atom. The zero-order valence-electron chi connectivity index (χ0n) is 11.5. The first-order valence-corrected chi connectivity index (χ1v) is 12.4. The van der Waals surface area contributed by atoms with E-state index in [9.17, 15) is 4.79 Å². The number of hydrogen-bond donors (Lipinski definition) is 0. The van der Waals surface area contributed by atoms with Crippen molar-refractivity contribution in [1.82, 2.24) is 0 Å². The highest BCUT2D eigenvalue weighted by molar-refractivity contribution is 15.0. The first-order chi connectivity index (χ1) is 10.7. The van der Waals surface area contributed by atoms with E-state index in [1.807, 2.05) is 24.3 Å². The van der Waals surface area contributed by atoms with E-state index in [-0.39, 0.29) is 6.79 Å². The number of methoxy groups -OCH3 is 1. The molecule has 0 spiro atoms. The van der Waals surface area contributed by atoms with Crippen LogP contribution in [0.1, 0.15) is 11.3 Å². The van der Waals surface area contributed by atoms with Gasteiger partial charge in [-0.3, -0.25) is 0 Å². The molecule has 0 unspecified atom stereocenters. The Labute approximate surface area is 150 Å². The normalized spacial score (nSPS) is 12.0. The molecule has 0 atom stereocenters. The van der Waals surface area contributed by atoms with Crippen LogP contribution in [-0.2, 0) is 0 Å². The molecule has 116 valence electrons. The average Bonchev–Trinajstić information content (AvgIpc) is 3.02. The summed E-state index contributed by atoms with van der Waals surface area (Å²) in [4.78, 5) is 11.3. The number of hydrogen-bond acceptors (Lipinski definition) is 5. The van der Waals surface area contributed by atoms with Gasteiger partial charge >= 0.3 is 5.63 Å². The maximum absolute atomic E-state index is 11.3. The Balaban J connectivity index is 0.000000847. The number of halogens is 2. The summed E-state index contributed by atoms with van der Waals surface area (Å²) in [6.45, 7) is 0.243. The Morgan fingerprint density at radius 1 is 1.09 bits per heavy atom. The van der Waals surface area contributed by atoms with E-state index < -0.39 is 5.63 Å². The first-order valence-electron chi connectivity index (χ1n) is 6.16. The van der Waals surface area contributed by atoms with E-state index in [0.717, 1.165) is 11.3 Å². The Kier molecular flexibility index (Phi) is 6.55. The van der Waals surface area contributed by atoms with Crippen molar-refractivity contribution in [2.45, 2.75) is 0 Å². The van der Waals surface area contributed by atoms with Gasteiger partial charge in [-0.25, -0.2) is 4.79 Å². The van der Waals surface area contributed by atoms with Crippen molar-refractivity contribution in [3.63, 3.8) is 0 Å². The zero-order valence-corrected chi connectivity index (χ0v) is 15.9. The second kappa shape index (κ2) is 8.42. The predicted molar refractivity (Wildman–Crippen MR) is 101 cm³/mol. The van der Waals surface area contributed by atoms with Gasteiger partial charge in [0.15, 0.2) is 11.5 Å². The highest BCUT2D eigenvalue weighted by atomic mass is 128. The third-order valence-corrected chi connectivity index (χ3v) is 2.84. The van der Waals surface area contributed by atoms with E-state index in [1.54, 1.807) is 12.1 Å². The molecule has 0 saturated carbocycles. The number of fused-ring (bicyclic) bond motifs is 1. The Morgan fingerprint density at radius 3 is 2.64 bits per heavy atom. The van der Waals surface area contributed by atoms with Crippen molar-refractivity contribution in [3.8, 4) is 17.2 Å². The highest BCUT2D eigenvalue weighted by Gasteiger charge is 2.12. The van der Waals surface area contributed by atoms with Crippen molar-refractivity contribution >= 4 is 49.4 Å². The van der Waals surface area contributed by atoms with Gasteiger partial charge in [0.25, 0.3) is 0 Å². The van der Waals surface area contributed by atoms with Gasteiger partial charge in [-0.05, 0) is 23.8 Å². The zero-order chi connectivity index (χ0) is 15.9. The van der Waals surface area contributed by atoms with Crippen LogP contribution in [0.25, 0.3) is 12.2 Å². The molecule has 0 saturated heterocycles. The molecule has 2 aromatic rings. The summed E-state index contributed by atoms with van der Waals surface area (Å²) < 4.78 is 20.6. The molecule has 0 radical (unpaired) electrons. The third-order valence-electron chi connectivity index (χ3n) is 2.84. The summed E-state index contributed by atoms with van der Waals surface area (Å²) in [6, 6.07) is 8.52. The Bertz CT molecular complexity index is 724. The summed E-state index contributed by atoms with van der Waals surface area (Å²) in [5.74, 6) is 2.33. The van der Waals surface area contributed by atoms with Crippen LogP contribution >= 0.6 is 37.2 Å². The maximum atomic E-state index is 11.3. The van der Waals surface area contributed by atoms with Gasteiger partial charge in [0.1, 0.15) is 11.5 Å². The van der Waals surface area contributed by atoms with Gasteiger partial charge in [0, 0.05) is 43.3 Å². The molecule has 0 aliphatic carbocycles. The molecular formula is C15H12I2O5. The smallest absolute Gasteiger partial charge is 0.339 e. The second-order valence-corrected chi connectivity index (χ2v) is 4.16. The molecule has 0 amide bonds. The van der Waals surface area contributed by atoms with Crippen LogP contribution in [0, 0.1) is 0 Å². The minimum Gasteiger partial charge on any atom is -0.496 e. The standard InChI is InChI=1S/C15H12O5.I2/c1-17-12-7-11(20-15(16)8-12)4-2-10-3-5-13-14(6-10)19-9-18-13;1-2/h2-8H,9H2,1H3;/b4-2+;. The fourth-order valence-corrected chi connectivity index (χ4v) is 1.87. The fourth-order valence-electron chi connectivity index (χ4n) is 1.87. The highest BCUT2D eigenvalue weighted by Crippen LogP contribution is 2.32. The number of benzene rings is 1. The van der Waals surface area contributed by atoms with E-state index in [4.69, 9.17) is 18.6 Å². The van der Waals surface area contributed by atoms with Crippen LogP contribution in [0.2, 0.25) is 0 Å². The minimum atomic E-state index is -0.449.